The summed E-state index contributed by atoms with van der Waals surface area (Å²) in [6.45, 7) is 7.68. The van der Waals surface area contributed by atoms with Crippen molar-refractivity contribution in [1.29, 1.82) is 0 Å². The van der Waals surface area contributed by atoms with Gasteiger partial charge in [-0.3, -0.25) is 9.59 Å². The Morgan fingerprint density at radius 3 is 2.64 bits per heavy atom. The molecule has 7 nitrogen and oxygen atoms in total. The molecule has 0 saturated carbocycles. The van der Waals surface area contributed by atoms with Crippen molar-refractivity contribution in [1.82, 2.24) is 9.78 Å². The fraction of sp³-hybridized carbons (Fsp3) is 0.389. The molecule has 0 aliphatic heterocycles. The van der Waals surface area contributed by atoms with E-state index < -0.39 is 11.9 Å². The third kappa shape index (κ3) is 4.37. The third-order valence-electron chi connectivity index (χ3n) is 4.21. The molecule has 2 amide bonds. The average molecular weight is 343 g/mol. The average Bonchev–Trinajstić information content (AvgIpc) is 3.03. The largest absolute Gasteiger partial charge is 0.374 e. The van der Waals surface area contributed by atoms with Gasteiger partial charge in [0.2, 0.25) is 11.8 Å². The van der Waals surface area contributed by atoms with Gasteiger partial charge in [0.05, 0.1) is 12.2 Å². The molecule has 134 valence electrons. The van der Waals surface area contributed by atoms with Gasteiger partial charge in [0, 0.05) is 17.3 Å². The lowest BCUT2D eigenvalue weighted by molar-refractivity contribution is -0.116. The van der Waals surface area contributed by atoms with Crippen molar-refractivity contribution in [3.8, 4) is 0 Å². The van der Waals surface area contributed by atoms with Crippen LogP contribution < -0.4 is 16.4 Å². The van der Waals surface area contributed by atoms with Gasteiger partial charge in [0.1, 0.15) is 11.9 Å². The minimum atomic E-state index is -0.497. The number of amides is 2. The van der Waals surface area contributed by atoms with Crippen molar-refractivity contribution in [2.45, 2.75) is 46.2 Å². The molecule has 7 heteroatoms. The zero-order valence-corrected chi connectivity index (χ0v) is 15.0. The monoisotopic (exact) mass is 343 g/mol. The van der Waals surface area contributed by atoms with Crippen molar-refractivity contribution in [2.24, 2.45) is 5.73 Å². The Hall–Kier alpha value is -2.83. The molecule has 1 heterocycles. The first kappa shape index (κ1) is 18.5. The van der Waals surface area contributed by atoms with E-state index >= 15 is 0 Å². The molecule has 4 N–H and O–H groups in total. The number of benzene rings is 1. The SMILES string of the molecule is CC[C@H](C)n1nccc1NC(=O)[C@@H](C)Nc1ccc(C)c(C(N)=O)c1. The van der Waals surface area contributed by atoms with E-state index in [9.17, 15) is 9.59 Å². The van der Waals surface area contributed by atoms with Crippen molar-refractivity contribution >= 4 is 23.3 Å². The summed E-state index contributed by atoms with van der Waals surface area (Å²) in [5.41, 5.74) is 7.27. The van der Waals surface area contributed by atoms with E-state index in [0.29, 0.717) is 17.1 Å². The Morgan fingerprint density at radius 2 is 2.00 bits per heavy atom. The van der Waals surface area contributed by atoms with E-state index in [4.69, 9.17) is 5.73 Å². The van der Waals surface area contributed by atoms with Crippen molar-refractivity contribution in [2.75, 3.05) is 10.6 Å². The highest BCUT2D eigenvalue weighted by Gasteiger charge is 2.17. The Balaban J connectivity index is 2.07. The van der Waals surface area contributed by atoms with Gasteiger partial charge in [0.15, 0.2) is 0 Å². The number of hydrogen-bond acceptors (Lipinski definition) is 4. The summed E-state index contributed by atoms with van der Waals surface area (Å²) >= 11 is 0. The fourth-order valence-electron chi connectivity index (χ4n) is 2.46. The summed E-state index contributed by atoms with van der Waals surface area (Å²) in [5, 5.41) is 10.2. The molecule has 0 aliphatic rings. The quantitative estimate of drug-likeness (QED) is 0.719. The second-order valence-electron chi connectivity index (χ2n) is 6.17. The van der Waals surface area contributed by atoms with Crippen LogP contribution in [0.15, 0.2) is 30.5 Å². The standard InChI is InChI=1S/C18H25N5O2/c1-5-12(3)23-16(8-9-20-23)22-18(25)13(4)21-14-7-6-11(2)15(10-14)17(19)24/h6-10,12-13,21H,5H2,1-4H3,(H2,19,24)(H,22,25)/t12-,13+/m0/s1. The molecular formula is C18H25N5O2. The second kappa shape index (κ2) is 7.83. The van der Waals surface area contributed by atoms with Gasteiger partial charge in [-0.05, 0) is 44.9 Å². The predicted molar refractivity (Wildman–Crippen MR) is 98.6 cm³/mol. The lowest BCUT2D eigenvalue weighted by Gasteiger charge is -2.18. The van der Waals surface area contributed by atoms with Gasteiger partial charge >= 0.3 is 0 Å². The van der Waals surface area contributed by atoms with Crippen LogP contribution in [-0.4, -0.2) is 27.6 Å². The zero-order valence-electron chi connectivity index (χ0n) is 15.0. The van der Waals surface area contributed by atoms with Gasteiger partial charge in [0.25, 0.3) is 0 Å². The van der Waals surface area contributed by atoms with E-state index in [-0.39, 0.29) is 11.9 Å². The first-order valence-electron chi connectivity index (χ1n) is 8.34. The molecule has 25 heavy (non-hydrogen) atoms. The van der Waals surface area contributed by atoms with Crippen LogP contribution in [0, 0.1) is 6.92 Å². The number of rotatable bonds is 7. The number of aryl methyl sites for hydroxylation is 1. The van der Waals surface area contributed by atoms with Crippen LogP contribution in [0.1, 0.15) is 49.2 Å². The van der Waals surface area contributed by atoms with E-state index in [1.54, 1.807) is 36.0 Å². The summed E-state index contributed by atoms with van der Waals surface area (Å²) < 4.78 is 1.79. The number of nitrogens with two attached hydrogens (primary N) is 1. The minimum absolute atomic E-state index is 0.189. The number of hydrogen-bond donors (Lipinski definition) is 3. The maximum Gasteiger partial charge on any atom is 0.249 e. The lowest BCUT2D eigenvalue weighted by atomic mass is 10.1. The van der Waals surface area contributed by atoms with Crippen LogP contribution in [0.5, 0.6) is 0 Å². The summed E-state index contributed by atoms with van der Waals surface area (Å²) in [4.78, 5) is 23.9. The normalized spacial score (nSPS) is 13.1. The number of nitrogens with one attached hydrogen (secondary N) is 2. The molecule has 1 aromatic heterocycles. The predicted octanol–water partition coefficient (Wildman–Crippen LogP) is 2.70. The number of aromatic nitrogens is 2. The van der Waals surface area contributed by atoms with Gasteiger partial charge in [-0.1, -0.05) is 13.0 Å². The number of primary amides is 1. The van der Waals surface area contributed by atoms with Gasteiger partial charge < -0.3 is 16.4 Å². The van der Waals surface area contributed by atoms with E-state index in [0.717, 1.165) is 12.0 Å². The van der Waals surface area contributed by atoms with Crippen molar-refractivity contribution in [3.05, 3.63) is 41.6 Å². The number of anilines is 2. The number of nitrogens with zero attached hydrogens (tertiary/aromatic N) is 2. The Kier molecular flexibility index (Phi) is 5.80. The van der Waals surface area contributed by atoms with Gasteiger partial charge in [-0.25, -0.2) is 4.68 Å². The van der Waals surface area contributed by atoms with E-state index in [1.807, 2.05) is 19.9 Å². The molecule has 2 aromatic rings. The summed E-state index contributed by atoms with van der Waals surface area (Å²) in [6, 6.07) is 6.74. The third-order valence-corrected chi connectivity index (χ3v) is 4.21. The highest BCUT2D eigenvalue weighted by Crippen LogP contribution is 2.18. The van der Waals surface area contributed by atoms with Crippen molar-refractivity contribution < 1.29 is 9.59 Å². The molecular weight excluding hydrogens is 318 g/mol. The van der Waals surface area contributed by atoms with Crippen LogP contribution in [0.25, 0.3) is 0 Å². The topological polar surface area (TPSA) is 102 Å². The maximum atomic E-state index is 12.5. The molecule has 0 spiro atoms. The first-order chi connectivity index (χ1) is 11.8. The fourth-order valence-corrected chi connectivity index (χ4v) is 2.46. The Bertz CT molecular complexity index is 769. The molecule has 0 aliphatic carbocycles. The van der Waals surface area contributed by atoms with E-state index in [2.05, 4.69) is 22.7 Å². The molecule has 2 atom stereocenters. The van der Waals surface area contributed by atoms with Crippen LogP contribution in [-0.2, 0) is 4.79 Å². The molecule has 0 radical (unpaired) electrons. The van der Waals surface area contributed by atoms with Gasteiger partial charge in [-0.2, -0.15) is 5.10 Å². The molecule has 0 bridgehead atoms. The minimum Gasteiger partial charge on any atom is -0.374 e. The van der Waals surface area contributed by atoms with E-state index in [1.165, 1.54) is 0 Å². The Morgan fingerprint density at radius 1 is 1.28 bits per heavy atom. The number of carbonyl (C=O) groups excluding carboxylic acids is 2. The van der Waals surface area contributed by atoms with Gasteiger partial charge in [-0.15, -0.1) is 0 Å². The van der Waals surface area contributed by atoms with Crippen LogP contribution in [0.3, 0.4) is 0 Å². The summed E-state index contributed by atoms with van der Waals surface area (Å²) in [5.74, 6) is -0.0170. The lowest BCUT2D eigenvalue weighted by Crippen LogP contribution is -2.33. The van der Waals surface area contributed by atoms with Crippen LogP contribution in [0.2, 0.25) is 0 Å². The molecule has 2 rings (SSSR count). The molecule has 0 fully saturated rings. The van der Waals surface area contributed by atoms with Crippen molar-refractivity contribution in [3.63, 3.8) is 0 Å². The molecule has 0 unspecified atom stereocenters. The van der Waals surface area contributed by atoms with Crippen LogP contribution >= 0.6 is 0 Å². The zero-order chi connectivity index (χ0) is 18.6. The maximum absolute atomic E-state index is 12.5. The van der Waals surface area contributed by atoms with Crippen LogP contribution in [0.4, 0.5) is 11.5 Å². The summed E-state index contributed by atoms with van der Waals surface area (Å²) in [7, 11) is 0. The highest BCUT2D eigenvalue weighted by atomic mass is 16.2. The molecule has 1 aromatic carbocycles. The Labute approximate surface area is 147 Å². The smallest absolute Gasteiger partial charge is 0.249 e. The molecule has 0 saturated heterocycles. The number of carbonyl (C=O) groups is 2. The second-order valence-corrected chi connectivity index (χ2v) is 6.17. The first-order valence-corrected chi connectivity index (χ1v) is 8.34. The highest BCUT2D eigenvalue weighted by molar-refractivity contribution is 5.97. The summed E-state index contributed by atoms with van der Waals surface area (Å²) in [6.07, 6.45) is 2.58.